The van der Waals surface area contributed by atoms with Gasteiger partial charge in [0.1, 0.15) is 11.6 Å². The molecule has 4 nitrogen and oxygen atoms in total. The molecule has 0 aromatic heterocycles. The first-order valence-electron chi connectivity index (χ1n) is 9.63. The lowest BCUT2D eigenvalue weighted by molar-refractivity contribution is -0.112. The van der Waals surface area contributed by atoms with Crippen molar-refractivity contribution in [2.24, 2.45) is 0 Å². The topological polar surface area (TPSA) is 64.9 Å². The molecule has 2 aromatic carbocycles. The van der Waals surface area contributed by atoms with Crippen LogP contribution < -0.4 is 10.6 Å². The predicted molar refractivity (Wildman–Crippen MR) is 116 cm³/mol. The summed E-state index contributed by atoms with van der Waals surface area (Å²) in [5, 5.41) is 15.6. The summed E-state index contributed by atoms with van der Waals surface area (Å²) in [5.74, 6) is 0.185. The Hall–Kier alpha value is -3.06. The predicted octanol–water partition coefficient (Wildman–Crippen LogP) is 6.01. The van der Waals surface area contributed by atoms with Crippen LogP contribution in [0.3, 0.4) is 0 Å². The molecule has 0 fully saturated rings. The molecule has 0 unspecified atom stereocenters. The molecule has 0 aliphatic heterocycles. The van der Waals surface area contributed by atoms with E-state index in [1.807, 2.05) is 50.2 Å². The van der Waals surface area contributed by atoms with Crippen LogP contribution >= 0.6 is 0 Å². The highest BCUT2D eigenvalue weighted by Gasteiger charge is 2.16. The largest absolute Gasteiger partial charge is 0.360 e. The molecule has 0 saturated heterocycles. The molecule has 0 aliphatic rings. The molecule has 0 atom stereocenters. The molecule has 0 radical (unpaired) electrons. The molecule has 0 aliphatic carbocycles. The number of carbonyl (C=O) groups excluding carboxylic acids is 1. The highest BCUT2D eigenvalue weighted by atomic mass is 16.1. The Morgan fingerprint density at radius 1 is 0.929 bits per heavy atom. The van der Waals surface area contributed by atoms with E-state index in [4.69, 9.17) is 0 Å². The van der Waals surface area contributed by atoms with E-state index in [0.717, 1.165) is 33.6 Å². The maximum absolute atomic E-state index is 12.8. The number of amides is 1. The molecule has 2 aromatic rings. The summed E-state index contributed by atoms with van der Waals surface area (Å²) in [6, 6.07) is 14.0. The van der Waals surface area contributed by atoms with Crippen molar-refractivity contribution in [3.05, 3.63) is 70.4 Å². The molecule has 2 N–H and O–H groups in total. The molecule has 28 heavy (non-hydrogen) atoms. The minimum Gasteiger partial charge on any atom is -0.360 e. The van der Waals surface area contributed by atoms with E-state index in [2.05, 4.69) is 44.4 Å². The number of para-hydroxylation sites is 2. The standard InChI is InChI=1S/C24H29N3O/c1-15(2)20-11-7-9-17(5)22(20)26-14-19(13-25)24(28)27-23-18(6)10-8-12-21(23)16(3)4/h7-12,14-16,26H,1-6H3,(H,27,28)/b19-14-. The second kappa shape index (κ2) is 9.23. The summed E-state index contributed by atoms with van der Waals surface area (Å²) in [6.07, 6.45) is 1.50. The van der Waals surface area contributed by atoms with E-state index in [1.54, 1.807) is 0 Å². The minimum absolute atomic E-state index is 0.0379. The lowest BCUT2D eigenvalue weighted by Gasteiger charge is -2.17. The number of hydrogen-bond acceptors (Lipinski definition) is 3. The van der Waals surface area contributed by atoms with Crippen molar-refractivity contribution in [1.82, 2.24) is 0 Å². The monoisotopic (exact) mass is 375 g/mol. The van der Waals surface area contributed by atoms with Crippen LogP contribution in [-0.2, 0) is 4.79 Å². The van der Waals surface area contributed by atoms with Crippen LogP contribution in [0.25, 0.3) is 0 Å². The smallest absolute Gasteiger partial charge is 0.267 e. The first-order chi connectivity index (χ1) is 13.3. The normalized spacial score (nSPS) is 11.5. The van der Waals surface area contributed by atoms with E-state index in [1.165, 1.54) is 6.20 Å². The molecule has 0 heterocycles. The SMILES string of the molecule is Cc1cccc(C(C)C)c1N/C=C(/C#N)C(=O)Nc1c(C)cccc1C(C)C. The van der Waals surface area contributed by atoms with Crippen molar-refractivity contribution >= 4 is 17.3 Å². The average molecular weight is 376 g/mol. The Kier molecular flexibility index (Phi) is 7.00. The molecule has 0 saturated carbocycles. The fourth-order valence-electron chi connectivity index (χ4n) is 3.18. The Bertz CT molecular complexity index is 933. The maximum Gasteiger partial charge on any atom is 0.267 e. The molecule has 1 amide bonds. The molecule has 146 valence electrons. The zero-order valence-corrected chi connectivity index (χ0v) is 17.6. The lowest BCUT2D eigenvalue weighted by atomic mass is 9.98. The number of nitrogens with one attached hydrogen (secondary N) is 2. The summed E-state index contributed by atoms with van der Waals surface area (Å²) in [6.45, 7) is 12.4. The molecule has 2 rings (SSSR count). The van der Waals surface area contributed by atoms with Gasteiger partial charge in [0.25, 0.3) is 5.91 Å². The number of nitriles is 1. The van der Waals surface area contributed by atoms with Crippen LogP contribution in [0.2, 0.25) is 0 Å². The van der Waals surface area contributed by atoms with Crippen molar-refractivity contribution in [2.75, 3.05) is 10.6 Å². The van der Waals surface area contributed by atoms with E-state index < -0.39 is 5.91 Å². The fourth-order valence-corrected chi connectivity index (χ4v) is 3.18. The van der Waals surface area contributed by atoms with E-state index in [-0.39, 0.29) is 11.5 Å². The zero-order chi connectivity index (χ0) is 20.8. The van der Waals surface area contributed by atoms with Gasteiger partial charge in [0.05, 0.1) is 0 Å². The first kappa shape index (κ1) is 21.2. The second-order valence-corrected chi connectivity index (χ2v) is 7.66. The molecular formula is C24H29N3O. The van der Waals surface area contributed by atoms with Crippen molar-refractivity contribution in [3.8, 4) is 6.07 Å². The molecule has 0 spiro atoms. The number of benzene rings is 2. The summed E-state index contributed by atoms with van der Waals surface area (Å²) in [7, 11) is 0. The molecule has 4 heteroatoms. The summed E-state index contributed by atoms with van der Waals surface area (Å²) < 4.78 is 0. The van der Waals surface area contributed by atoms with Crippen molar-refractivity contribution in [1.29, 1.82) is 5.26 Å². The van der Waals surface area contributed by atoms with Gasteiger partial charge in [0, 0.05) is 17.6 Å². The quantitative estimate of drug-likeness (QED) is 0.480. The third kappa shape index (κ3) is 4.80. The number of hydrogen-bond donors (Lipinski definition) is 2. The van der Waals surface area contributed by atoms with Gasteiger partial charge in [0.15, 0.2) is 0 Å². The van der Waals surface area contributed by atoms with Gasteiger partial charge < -0.3 is 10.6 Å². The summed E-state index contributed by atoms with van der Waals surface area (Å²) in [5.41, 5.74) is 6.01. The second-order valence-electron chi connectivity index (χ2n) is 7.66. The van der Waals surface area contributed by atoms with E-state index >= 15 is 0 Å². The van der Waals surface area contributed by atoms with Gasteiger partial charge in [-0.2, -0.15) is 5.26 Å². The van der Waals surface area contributed by atoms with Gasteiger partial charge in [-0.1, -0.05) is 64.1 Å². The van der Waals surface area contributed by atoms with Crippen LogP contribution in [0.15, 0.2) is 48.2 Å². The highest BCUT2D eigenvalue weighted by molar-refractivity contribution is 6.07. The third-order valence-corrected chi connectivity index (χ3v) is 4.82. The number of carbonyl (C=O) groups is 1. The highest BCUT2D eigenvalue weighted by Crippen LogP contribution is 2.29. The Morgan fingerprint density at radius 2 is 1.43 bits per heavy atom. The van der Waals surface area contributed by atoms with Crippen LogP contribution in [0.1, 0.15) is 61.8 Å². The van der Waals surface area contributed by atoms with Crippen molar-refractivity contribution in [3.63, 3.8) is 0 Å². The lowest BCUT2D eigenvalue weighted by Crippen LogP contribution is -2.17. The van der Waals surface area contributed by atoms with Gasteiger partial charge in [-0.3, -0.25) is 4.79 Å². The number of rotatable bonds is 6. The van der Waals surface area contributed by atoms with Crippen LogP contribution in [-0.4, -0.2) is 5.91 Å². The third-order valence-electron chi connectivity index (χ3n) is 4.82. The fraction of sp³-hybridized carbons (Fsp3) is 0.333. The van der Waals surface area contributed by atoms with Gasteiger partial charge in [-0.25, -0.2) is 0 Å². The van der Waals surface area contributed by atoms with Crippen LogP contribution in [0, 0.1) is 25.2 Å². The minimum atomic E-state index is -0.411. The maximum atomic E-state index is 12.8. The Balaban J connectivity index is 2.31. The van der Waals surface area contributed by atoms with Crippen LogP contribution in [0.5, 0.6) is 0 Å². The number of aryl methyl sites for hydroxylation is 2. The summed E-state index contributed by atoms with van der Waals surface area (Å²) >= 11 is 0. The van der Waals surface area contributed by atoms with Crippen molar-refractivity contribution < 1.29 is 4.79 Å². The molecule has 0 bridgehead atoms. The first-order valence-corrected chi connectivity index (χ1v) is 9.63. The van der Waals surface area contributed by atoms with Gasteiger partial charge in [-0.05, 0) is 47.9 Å². The number of anilines is 2. The Labute approximate surface area is 168 Å². The summed E-state index contributed by atoms with van der Waals surface area (Å²) in [4.78, 5) is 12.8. The van der Waals surface area contributed by atoms with Crippen LogP contribution in [0.4, 0.5) is 11.4 Å². The number of nitrogens with zero attached hydrogens (tertiary/aromatic N) is 1. The van der Waals surface area contributed by atoms with E-state index in [0.29, 0.717) is 5.92 Å². The van der Waals surface area contributed by atoms with E-state index in [9.17, 15) is 10.1 Å². The van der Waals surface area contributed by atoms with Crippen molar-refractivity contribution in [2.45, 2.75) is 53.4 Å². The van der Waals surface area contributed by atoms with Gasteiger partial charge in [0.2, 0.25) is 0 Å². The van der Waals surface area contributed by atoms with Gasteiger partial charge in [-0.15, -0.1) is 0 Å². The zero-order valence-electron chi connectivity index (χ0n) is 17.6. The molecular weight excluding hydrogens is 346 g/mol. The van der Waals surface area contributed by atoms with Gasteiger partial charge >= 0.3 is 0 Å². The Morgan fingerprint density at radius 3 is 1.93 bits per heavy atom. The average Bonchev–Trinajstić information content (AvgIpc) is 2.64.